The average molecular weight is 398 g/mol. The van der Waals surface area contributed by atoms with Gasteiger partial charge in [-0.05, 0) is 25.3 Å². The van der Waals surface area contributed by atoms with Crippen molar-refractivity contribution in [3.8, 4) is 0 Å². The highest BCUT2D eigenvalue weighted by atomic mass is 32.1. The first kappa shape index (κ1) is 18.8. The molecule has 146 valence electrons. The molecule has 2 aliphatic rings. The van der Waals surface area contributed by atoms with E-state index in [1.54, 1.807) is 6.20 Å². The van der Waals surface area contributed by atoms with Crippen molar-refractivity contribution in [1.29, 1.82) is 0 Å². The molecular weight excluding hydrogens is 374 g/mol. The predicted octanol–water partition coefficient (Wildman–Crippen LogP) is 3.16. The van der Waals surface area contributed by atoms with E-state index < -0.39 is 0 Å². The average Bonchev–Trinajstić information content (AvgIpc) is 3.20. The molecule has 1 saturated heterocycles. The highest BCUT2D eigenvalue weighted by molar-refractivity contribution is 7.15. The van der Waals surface area contributed by atoms with Gasteiger partial charge in [-0.15, -0.1) is 11.3 Å². The van der Waals surface area contributed by atoms with Crippen molar-refractivity contribution in [3.63, 3.8) is 0 Å². The molecule has 2 heterocycles. The zero-order valence-corrected chi connectivity index (χ0v) is 16.6. The summed E-state index contributed by atoms with van der Waals surface area (Å²) in [6, 6.07) is 8.27. The summed E-state index contributed by atoms with van der Waals surface area (Å²) >= 11 is 1.41. The fraction of sp³-hybridized carbons (Fsp3) is 0.429. The van der Waals surface area contributed by atoms with E-state index in [1.165, 1.54) is 22.5 Å². The van der Waals surface area contributed by atoms with Crippen LogP contribution in [0.25, 0.3) is 0 Å². The lowest BCUT2D eigenvalue weighted by atomic mass is 9.81. The van der Waals surface area contributed by atoms with E-state index >= 15 is 0 Å². The topological polar surface area (TPSA) is 79.4 Å². The number of hydrogen-bond donors (Lipinski definition) is 1. The smallest absolute Gasteiger partial charge is 0.246 e. The van der Waals surface area contributed by atoms with Crippen LogP contribution in [0.2, 0.25) is 0 Å². The molecular formula is C21H23N3O3S. The van der Waals surface area contributed by atoms with Crippen molar-refractivity contribution in [2.24, 2.45) is 11.8 Å². The summed E-state index contributed by atoms with van der Waals surface area (Å²) in [4.78, 5) is 43.8. The molecule has 1 saturated carbocycles. The molecule has 6 nitrogen and oxygen atoms in total. The van der Waals surface area contributed by atoms with Gasteiger partial charge in [-0.2, -0.15) is 0 Å². The second-order valence-electron chi connectivity index (χ2n) is 7.61. The monoisotopic (exact) mass is 397 g/mol. The second-order valence-corrected chi connectivity index (χ2v) is 8.72. The number of rotatable bonds is 5. The molecule has 28 heavy (non-hydrogen) atoms. The molecule has 1 aliphatic heterocycles. The normalized spacial score (nSPS) is 21.7. The second kappa shape index (κ2) is 7.83. The summed E-state index contributed by atoms with van der Waals surface area (Å²) in [6.07, 6.45) is 5.96. The molecule has 0 radical (unpaired) electrons. The van der Waals surface area contributed by atoms with Crippen molar-refractivity contribution in [2.45, 2.75) is 39.0 Å². The van der Waals surface area contributed by atoms with Gasteiger partial charge in [0.05, 0.1) is 11.8 Å². The molecule has 3 amide bonds. The molecule has 1 aromatic carbocycles. The van der Waals surface area contributed by atoms with Crippen molar-refractivity contribution in [1.82, 2.24) is 9.88 Å². The minimum atomic E-state index is -0.378. The number of hydrogen-bond acceptors (Lipinski definition) is 5. The Labute approximate surface area is 168 Å². The van der Waals surface area contributed by atoms with Crippen LogP contribution < -0.4 is 5.32 Å². The van der Waals surface area contributed by atoms with Crippen LogP contribution in [0.1, 0.15) is 41.7 Å². The molecule has 1 aliphatic carbocycles. The lowest BCUT2D eigenvalue weighted by Gasteiger charge is -2.19. The van der Waals surface area contributed by atoms with Crippen LogP contribution in [0.4, 0.5) is 5.13 Å². The van der Waals surface area contributed by atoms with Gasteiger partial charge in [0, 0.05) is 17.5 Å². The lowest BCUT2D eigenvalue weighted by molar-refractivity contribution is -0.142. The number of benzene rings is 1. The number of nitrogens with one attached hydrogen (secondary N) is 1. The Balaban J connectivity index is 1.36. The summed E-state index contributed by atoms with van der Waals surface area (Å²) in [5, 5.41) is 3.22. The van der Waals surface area contributed by atoms with E-state index in [9.17, 15) is 14.4 Å². The number of aryl methyl sites for hydroxylation is 1. The molecule has 1 N–H and O–H groups in total. The van der Waals surface area contributed by atoms with Gasteiger partial charge in [-0.3, -0.25) is 19.3 Å². The summed E-state index contributed by atoms with van der Waals surface area (Å²) in [5.41, 5.74) is 2.40. The minimum Gasteiger partial charge on any atom is -0.300 e. The zero-order chi connectivity index (χ0) is 19.7. The molecule has 0 unspecified atom stereocenters. The van der Waals surface area contributed by atoms with Crippen LogP contribution in [-0.2, 0) is 20.8 Å². The third-order valence-corrected chi connectivity index (χ3v) is 6.41. The lowest BCUT2D eigenvalue weighted by Crippen LogP contribution is -2.38. The summed E-state index contributed by atoms with van der Waals surface area (Å²) < 4.78 is 0. The summed E-state index contributed by atoms with van der Waals surface area (Å²) in [7, 11) is 0. The molecule has 7 heteroatoms. The number of imide groups is 1. The van der Waals surface area contributed by atoms with Gasteiger partial charge in [0.25, 0.3) is 0 Å². The van der Waals surface area contributed by atoms with Crippen molar-refractivity contribution in [2.75, 3.05) is 11.9 Å². The highest BCUT2D eigenvalue weighted by Crippen LogP contribution is 2.37. The molecule has 2 atom stereocenters. The first-order chi connectivity index (χ1) is 13.5. The standard InChI is InChI=1S/C21H23N3O3S/c1-13-5-4-6-14(9-13)10-15-11-22-21(28-15)23-18(25)12-24-19(26)16-7-2-3-8-17(16)20(24)27/h4-6,9,11,16-17H,2-3,7-8,10,12H2,1H3,(H,22,23,25)/t16-,17-/m0/s1. The number of anilines is 1. The first-order valence-corrected chi connectivity index (χ1v) is 10.5. The van der Waals surface area contributed by atoms with Crippen molar-refractivity contribution >= 4 is 34.2 Å². The zero-order valence-electron chi connectivity index (χ0n) is 15.8. The number of thiazole rings is 1. The number of aromatic nitrogens is 1. The third kappa shape index (κ3) is 3.85. The minimum absolute atomic E-state index is 0.191. The van der Waals surface area contributed by atoms with E-state index in [-0.39, 0.29) is 36.1 Å². The quantitative estimate of drug-likeness (QED) is 0.786. The van der Waals surface area contributed by atoms with E-state index in [4.69, 9.17) is 0 Å². The van der Waals surface area contributed by atoms with Gasteiger partial charge >= 0.3 is 0 Å². The van der Waals surface area contributed by atoms with Crippen LogP contribution in [0, 0.1) is 18.8 Å². The number of nitrogens with zero attached hydrogens (tertiary/aromatic N) is 2. The number of carbonyl (C=O) groups is 3. The summed E-state index contributed by atoms with van der Waals surface area (Å²) in [5.74, 6) is -1.21. The molecule has 0 bridgehead atoms. The number of carbonyl (C=O) groups excluding carboxylic acids is 3. The van der Waals surface area contributed by atoms with Gasteiger partial charge in [-0.25, -0.2) is 4.98 Å². The van der Waals surface area contributed by atoms with E-state index in [0.29, 0.717) is 5.13 Å². The Hall–Kier alpha value is -2.54. The van der Waals surface area contributed by atoms with Gasteiger partial charge < -0.3 is 5.32 Å². The van der Waals surface area contributed by atoms with Crippen LogP contribution in [0.5, 0.6) is 0 Å². The van der Waals surface area contributed by atoms with E-state index in [1.807, 2.05) is 6.07 Å². The molecule has 4 rings (SSSR count). The van der Waals surface area contributed by atoms with Crippen LogP contribution >= 0.6 is 11.3 Å². The van der Waals surface area contributed by atoms with E-state index in [2.05, 4.69) is 35.4 Å². The van der Waals surface area contributed by atoms with Crippen LogP contribution in [-0.4, -0.2) is 34.2 Å². The highest BCUT2D eigenvalue weighted by Gasteiger charge is 2.48. The molecule has 0 spiro atoms. The predicted molar refractivity (Wildman–Crippen MR) is 107 cm³/mol. The summed E-state index contributed by atoms with van der Waals surface area (Å²) in [6.45, 7) is 1.83. The fourth-order valence-electron chi connectivity index (χ4n) is 4.16. The van der Waals surface area contributed by atoms with Gasteiger partial charge in [0.2, 0.25) is 17.7 Å². The van der Waals surface area contributed by atoms with Gasteiger partial charge in [0.1, 0.15) is 6.54 Å². The van der Waals surface area contributed by atoms with Gasteiger partial charge in [-0.1, -0.05) is 42.7 Å². The Kier molecular flexibility index (Phi) is 5.26. The largest absolute Gasteiger partial charge is 0.300 e. The maximum atomic E-state index is 12.5. The fourth-order valence-corrected chi connectivity index (χ4v) is 5.02. The number of amides is 3. The van der Waals surface area contributed by atoms with Crippen molar-refractivity contribution < 1.29 is 14.4 Å². The van der Waals surface area contributed by atoms with E-state index in [0.717, 1.165) is 41.9 Å². The Morgan fingerprint density at radius 3 is 2.61 bits per heavy atom. The number of likely N-dealkylation sites (tertiary alicyclic amines) is 1. The number of fused-ring (bicyclic) bond motifs is 1. The third-order valence-electron chi connectivity index (χ3n) is 5.49. The van der Waals surface area contributed by atoms with Crippen molar-refractivity contribution in [3.05, 3.63) is 46.5 Å². The maximum Gasteiger partial charge on any atom is 0.246 e. The molecule has 2 aromatic rings. The van der Waals surface area contributed by atoms with Crippen LogP contribution in [0.15, 0.2) is 30.5 Å². The van der Waals surface area contributed by atoms with Crippen LogP contribution in [0.3, 0.4) is 0 Å². The molecule has 1 aromatic heterocycles. The van der Waals surface area contributed by atoms with Gasteiger partial charge in [0.15, 0.2) is 5.13 Å². The maximum absolute atomic E-state index is 12.5. The first-order valence-electron chi connectivity index (χ1n) is 9.66. The Morgan fingerprint density at radius 2 is 1.93 bits per heavy atom. The Morgan fingerprint density at radius 1 is 1.21 bits per heavy atom. The molecule has 2 fully saturated rings. The Bertz CT molecular complexity index is 899. The SMILES string of the molecule is Cc1cccc(Cc2cnc(NC(=O)CN3C(=O)[C@H]4CCCC[C@@H]4C3=O)s2)c1.